The van der Waals surface area contributed by atoms with Crippen molar-refractivity contribution < 1.29 is 77.2 Å². The fourth-order valence-corrected chi connectivity index (χ4v) is 10.3. The number of alkyl carbamates (subject to hydrolysis) is 1. The molecule has 17 nitrogen and oxygen atoms in total. The second-order valence-electron chi connectivity index (χ2n) is 20.0. The average molecular weight is 870 g/mol. The minimum absolute atomic E-state index is 0.0220. The minimum atomic E-state index is -2.39. The molecule has 5 fully saturated rings. The summed E-state index contributed by atoms with van der Waals surface area (Å²) in [5, 5.41) is 40.1. The third-order valence-electron chi connectivity index (χ3n) is 14.0. The van der Waals surface area contributed by atoms with Crippen molar-refractivity contribution in [1.82, 2.24) is 5.32 Å². The van der Waals surface area contributed by atoms with E-state index in [1.165, 1.54) is 26.0 Å². The second kappa shape index (κ2) is 15.4. The highest BCUT2D eigenvalue weighted by Crippen LogP contribution is 2.64. The summed E-state index contributed by atoms with van der Waals surface area (Å²) in [5.74, 6) is -6.54. The van der Waals surface area contributed by atoms with E-state index in [0.29, 0.717) is 12.8 Å². The normalized spacial score (nSPS) is 36.4. The van der Waals surface area contributed by atoms with Gasteiger partial charge in [-0.25, -0.2) is 14.4 Å². The number of epoxide rings is 1. The van der Waals surface area contributed by atoms with Crippen LogP contribution in [0.25, 0.3) is 0 Å². The number of amides is 1. The first-order valence-electron chi connectivity index (χ1n) is 21.2. The number of hydrogen-bond acceptors (Lipinski definition) is 16. The molecular formula is C45H59NO16. The number of carbonyl (C=O) groups excluding carboxylic acids is 6. The fraction of sp³-hybridized carbons (Fsp3) is 0.689. The third-order valence-corrected chi connectivity index (χ3v) is 14.0. The van der Waals surface area contributed by atoms with Crippen molar-refractivity contribution in [2.45, 2.75) is 166 Å². The Balaban J connectivity index is 1.39. The zero-order chi connectivity index (χ0) is 45.7. The van der Waals surface area contributed by atoms with Gasteiger partial charge in [-0.3, -0.25) is 14.4 Å². The summed E-state index contributed by atoms with van der Waals surface area (Å²) in [6.45, 7) is 15.3. The third kappa shape index (κ3) is 7.60. The van der Waals surface area contributed by atoms with Crippen molar-refractivity contribution in [2.75, 3.05) is 6.61 Å². The van der Waals surface area contributed by atoms with E-state index < -0.39 is 136 Å². The molecule has 4 N–H and O–H groups in total. The van der Waals surface area contributed by atoms with Crippen LogP contribution in [0.4, 0.5) is 4.79 Å². The molecular weight excluding hydrogens is 810 g/mol. The van der Waals surface area contributed by atoms with Crippen LogP contribution in [-0.2, 0) is 52.3 Å². The number of benzene rings is 1. The summed E-state index contributed by atoms with van der Waals surface area (Å²) >= 11 is 0. The van der Waals surface area contributed by atoms with Crippen LogP contribution in [0.15, 0.2) is 41.5 Å². The first-order chi connectivity index (χ1) is 28.7. The molecule has 3 saturated carbocycles. The molecule has 17 heteroatoms. The standard InChI is InChI=1S/C45H59NO16/c1-21-25(57-38(53)30(49)29(34-42(8,9)61-34)46-39(54)62-40(3,4)5)19-45(55)35(59-37(52)23-14-12-11-13-15-23)32-43(10,26(48)18-27-44(32,20-56-27)60-22(2)47)33(50)31(28(21)41(45,6)7)58-36(51)24-16-17-24/h11-15,24-27,29-32,34-35,48-49,55H,16-20H2,1-10H3,(H,46,54)/t25-,26-,27+,29+,30+,31+,32?,34+,35?,43+,44-,45+/m0/s1. The number of esters is 4. The number of aliphatic hydroxyl groups excluding tert-OH is 2. The summed E-state index contributed by atoms with van der Waals surface area (Å²) in [5.41, 5.74) is -9.37. The summed E-state index contributed by atoms with van der Waals surface area (Å²) in [6, 6.07) is 6.49. The number of hydrogen-bond donors (Lipinski definition) is 4. The van der Waals surface area contributed by atoms with Gasteiger partial charge >= 0.3 is 30.0 Å². The van der Waals surface area contributed by atoms with Crippen molar-refractivity contribution in [3.63, 3.8) is 0 Å². The van der Waals surface area contributed by atoms with Crippen molar-refractivity contribution >= 4 is 35.8 Å². The van der Waals surface area contributed by atoms with Gasteiger partial charge in [-0.2, -0.15) is 0 Å². The quantitative estimate of drug-likeness (QED) is 0.114. The van der Waals surface area contributed by atoms with Crippen LogP contribution in [-0.4, -0.2) is 129 Å². The first kappa shape index (κ1) is 45.6. The molecule has 4 aliphatic carbocycles. The van der Waals surface area contributed by atoms with Crippen LogP contribution in [0.5, 0.6) is 0 Å². The number of ether oxygens (including phenoxy) is 7. The number of ketones is 1. The Bertz CT molecular complexity index is 2050. The van der Waals surface area contributed by atoms with Gasteiger partial charge in [0, 0.05) is 25.2 Å². The SMILES string of the molecule is CC(=O)O[C@@]12CO[C@@H]1C[C@H](O)[C@@]1(C)C(=O)[C@H](OC(=O)C3CC3)C3=C(C)[C@@H](OC(=O)[C@H](O)[C@@H](NC(=O)OC(C)(C)C)[C@H]4OC4(C)C)C[C@@](O)(C(OC(=O)c4ccccc4)C12)C3(C)C. The van der Waals surface area contributed by atoms with E-state index in [2.05, 4.69) is 5.32 Å². The Morgan fingerprint density at radius 3 is 2.13 bits per heavy atom. The van der Waals surface area contributed by atoms with E-state index in [9.17, 15) is 39.3 Å². The molecule has 1 amide bonds. The molecule has 0 radical (unpaired) electrons. The lowest BCUT2D eigenvalue weighted by molar-refractivity contribution is -0.346. The van der Waals surface area contributed by atoms with Gasteiger partial charge in [-0.15, -0.1) is 0 Å². The lowest BCUT2D eigenvalue weighted by Crippen LogP contribution is -2.82. The van der Waals surface area contributed by atoms with Gasteiger partial charge in [-0.05, 0) is 84.6 Å². The van der Waals surface area contributed by atoms with Crippen LogP contribution in [0.1, 0.15) is 105 Å². The van der Waals surface area contributed by atoms with E-state index in [4.69, 9.17) is 33.2 Å². The molecule has 0 spiro atoms. The number of rotatable bonds is 10. The molecule has 1 aromatic rings. The topological polar surface area (TPSA) is 243 Å². The minimum Gasteiger partial charge on any atom is -0.456 e. The smallest absolute Gasteiger partial charge is 0.408 e. The molecule has 2 aliphatic heterocycles. The monoisotopic (exact) mass is 869 g/mol. The zero-order valence-corrected chi connectivity index (χ0v) is 36.8. The van der Waals surface area contributed by atoms with Gasteiger partial charge in [0.2, 0.25) is 0 Å². The van der Waals surface area contributed by atoms with Gasteiger partial charge in [-0.1, -0.05) is 32.0 Å². The van der Waals surface area contributed by atoms with Crippen molar-refractivity contribution in [1.29, 1.82) is 0 Å². The molecule has 1 aromatic carbocycles. The molecule has 2 heterocycles. The molecule has 0 aromatic heterocycles. The lowest BCUT2D eigenvalue weighted by atomic mass is 9.44. The summed E-state index contributed by atoms with van der Waals surface area (Å²) in [4.78, 5) is 83.9. The Kier molecular flexibility index (Phi) is 11.3. The van der Waals surface area contributed by atoms with Gasteiger partial charge in [0.05, 0.1) is 47.2 Å². The highest BCUT2D eigenvalue weighted by Gasteiger charge is 2.78. The maximum atomic E-state index is 15.7. The first-order valence-corrected chi connectivity index (χ1v) is 21.2. The number of fused-ring (bicyclic) bond motifs is 5. The van der Waals surface area contributed by atoms with E-state index in [0.717, 1.165) is 6.92 Å². The Hall–Kier alpha value is -4.42. The summed E-state index contributed by atoms with van der Waals surface area (Å²) in [7, 11) is 0. The molecule has 62 heavy (non-hydrogen) atoms. The van der Waals surface area contributed by atoms with Crippen LogP contribution < -0.4 is 5.32 Å². The van der Waals surface area contributed by atoms with E-state index in [1.807, 2.05) is 0 Å². The van der Waals surface area contributed by atoms with Crippen molar-refractivity contribution in [3.05, 3.63) is 47.0 Å². The summed E-state index contributed by atoms with van der Waals surface area (Å²) in [6.07, 6.45) is -11.3. The van der Waals surface area contributed by atoms with Crippen molar-refractivity contribution in [3.8, 4) is 0 Å². The predicted molar refractivity (Wildman–Crippen MR) is 214 cm³/mol. The zero-order valence-electron chi connectivity index (χ0n) is 36.8. The van der Waals surface area contributed by atoms with Crippen LogP contribution >= 0.6 is 0 Å². The molecule has 2 bridgehead atoms. The van der Waals surface area contributed by atoms with Crippen LogP contribution in [0, 0.1) is 22.7 Å². The van der Waals surface area contributed by atoms with Crippen LogP contribution in [0.3, 0.4) is 0 Å². The largest absolute Gasteiger partial charge is 0.456 e. The van der Waals surface area contributed by atoms with E-state index in [1.54, 1.807) is 66.7 Å². The molecule has 12 atom stereocenters. The fourth-order valence-electron chi connectivity index (χ4n) is 10.3. The van der Waals surface area contributed by atoms with Gasteiger partial charge in [0.15, 0.2) is 23.6 Å². The number of aliphatic hydroxyl groups is 3. The molecule has 2 saturated heterocycles. The Morgan fingerprint density at radius 2 is 1.60 bits per heavy atom. The lowest BCUT2D eigenvalue weighted by Gasteiger charge is -2.67. The molecule has 340 valence electrons. The van der Waals surface area contributed by atoms with Crippen molar-refractivity contribution in [2.24, 2.45) is 22.7 Å². The molecule has 2 unspecified atom stereocenters. The van der Waals surface area contributed by atoms with Gasteiger partial charge in [0.1, 0.15) is 35.6 Å². The Morgan fingerprint density at radius 1 is 0.968 bits per heavy atom. The number of Topliss-reactive ketones (excluding diaryl/α,β-unsaturated/α-hetero) is 1. The highest BCUT2D eigenvalue weighted by molar-refractivity contribution is 5.96. The molecule has 7 rings (SSSR count). The van der Waals surface area contributed by atoms with Gasteiger partial charge < -0.3 is 53.8 Å². The maximum Gasteiger partial charge on any atom is 0.408 e. The second-order valence-corrected chi connectivity index (χ2v) is 20.0. The predicted octanol–water partition coefficient (Wildman–Crippen LogP) is 3.03. The molecule has 6 aliphatic rings. The summed E-state index contributed by atoms with van der Waals surface area (Å²) < 4.78 is 41.8. The van der Waals surface area contributed by atoms with Gasteiger partial charge in [0.25, 0.3) is 0 Å². The van der Waals surface area contributed by atoms with E-state index >= 15 is 4.79 Å². The Labute approximate surface area is 360 Å². The number of carbonyl (C=O) groups is 6. The van der Waals surface area contributed by atoms with Crippen LogP contribution in [0.2, 0.25) is 0 Å². The number of nitrogens with one attached hydrogen (secondary N) is 1. The van der Waals surface area contributed by atoms with E-state index in [-0.39, 0.29) is 29.7 Å². The highest BCUT2D eigenvalue weighted by atomic mass is 16.6. The maximum absolute atomic E-state index is 15.7. The average Bonchev–Trinajstić information content (AvgIpc) is 4.11.